The van der Waals surface area contributed by atoms with Crippen LogP contribution in [-0.4, -0.2) is 17.3 Å². The number of hydrogen-bond acceptors (Lipinski definition) is 3. The summed E-state index contributed by atoms with van der Waals surface area (Å²) in [7, 11) is 0. The Bertz CT molecular complexity index is 797. The first-order valence-electron chi connectivity index (χ1n) is 10.2. The molecule has 0 aliphatic rings. The standard InChI is InChI=1S/C24H28O2S.C2H6/c1-6-17-26-23(25)22(21(7-2)18-11-9-8-10-12-18)19-13-15-20(16-14-19)27-24(3,4)5;1-2/h6,8-16H,1,7,17H2,2-5H3;1-2H3/b22-21+;. The van der Waals surface area contributed by atoms with E-state index in [9.17, 15) is 4.79 Å². The van der Waals surface area contributed by atoms with E-state index < -0.39 is 0 Å². The van der Waals surface area contributed by atoms with Gasteiger partial charge in [-0.1, -0.05) is 96.7 Å². The third kappa shape index (κ3) is 7.94. The molecule has 0 aliphatic carbocycles. The fourth-order valence-corrected chi connectivity index (χ4v) is 3.81. The van der Waals surface area contributed by atoms with Crippen LogP contribution in [0.5, 0.6) is 0 Å². The molecule has 0 atom stereocenters. The molecular formula is C26H34O2S. The number of ether oxygens (including phenoxy) is 1. The van der Waals surface area contributed by atoms with Gasteiger partial charge >= 0.3 is 5.97 Å². The van der Waals surface area contributed by atoms with Gasteiger partial charge in [0, 0.05) is 9.64 Å². The molecule has 0 spiro atoms. The van der Waals surface area contributed by atoms with E-state index in [1.54, 1.807) is 6.08 Å². The van der Waals surface area contributed by atoms with E-state index in [1.165, 1.54) is 4.90 Å². The van der Waals surface area contributed by atoms with E-state index in [0.717, 1.165) is 23.1 Å². The van der Waals surface area contributed by atoms with Gasteiger partial charge in [-0.2, -0.15) is 0 Å². The van der Waals surface area contributed by atoms with Crippen LogP contribution in [0.3, 0.4) is 0 Å². The predicted molar refractivity (Wildman–Crippen MR) is 128 cm³/mol. The van der Waals surface area contributed by atoms with Crippen LogP contribution >= 0.6 is 11.8 Å². The van der Waals surface area contributed by atoms with Gasteiger partial charge in [0.15, 0.2) is 0 Å². The molecule has 0 saturated heterocycles. The Morgan fingerprint density at radius 2 is 1.59 bits per heavy atom. The molecule has 0 unspecified atom stereocenters. The molecule has 3 heteroatoms. The van der Waals surface area contributed by atoms with E-state index in [1.807, 2.05) is 68.1 Å². The minimum Gasteiger partial charge on any atom is -0.458 e. The van der Waals surface area contributed by atoms with Crippen LogP contribution < -0.4 is 0 Å². The summed E-state index contributed by atoms with van der Waals surface area (Å²) in [5.74, 6) is -0.313. The van der Waals surface area contributed by atoms with Crippen molar-refractivity contribution in [3.8, 4) is 0 Å². The van der Waals surface area contributed by atoms with Crippen molar-refractivity contribution in [1.29, 1.82) is 0 Å². The molecule has 0 N–H and O–H groups in total. The molecule has 2 aromatic carbocycles. The first-order valence-corrected chi connectivity index (χ1v) is 11.0. The van der Waals surface area contributed by atoms with Crippen molar-refractivity contribution < 1.29 is 9.53 Å². The number of carbonyl (C=O) groups excluding carboxylic acids is 1. The van der Waals surface area contributed by atoms with Crippen molar-refractivity contribution >= 4 is 28.9 Å². The van der Waals surface area contributed by atoms with Gasteiger partial charge in [0.1, 0.15) is 6.61 Å². The summed E-state index contributed by atoms with van der Waals surface area (Å²) in [5.41, 5.74) is 3.53. The fraction of sp³-hybridized carbons (Fsp3) is 0.346. The lowest BCUT2D eigenvalue weighted by Crippen LogP contribution is -2.10. The van der Waals surface area contributed by atoms with Crippen LogP contribution in [0.25, 0.3) is 11.1 Å². The minimum absolute atomic E-state index is 0.141. The lowest BCUT2D eigenvalue weighted by molar-refractivity contribution is -0.135. The van der Waals surface area contributed by atoms with Gasteiger partial charge in [-0.25, -0.2) is 4.79 Å². The maximum Gasteiger partial charge on any atom is 0.339 e. The highest BCUT2D eigenvalue weighted by Crippen LogP contribution is 2.34. The molecule has 0 aromatic heterocycles. The van der Waals surface area contributed by atoms with Gasteiger partial charge in [-0.05, 0) is 35.3 Å². The Balaban J connectivity index is 0.00000204. The smallest absolute Gasteiger partial charge is 0.339 e. The second kappa shape index (κ2) is 12.3. The van der Waals surface area contributed by atoms with Gasteiger partial charge in [0.2, 0.25) is 0 Å². The number of esters is 1. The average Bonchev–Trinajstić information content (AvgIpc) is 2.72. The molecular weight excluding hydrogens is 376 g/mol. The van der Waals surface area contributed by atoms with Crippen LogP contribution in [0, 0.1) is 0 Å². The fourth-order valence-electron chi connectivity index (χ4n) is 2.83. The molecule has 0 radical (unpaired) electrons. The van der Waals surface area contributed by atoms with Gasteiger partial charge in [0.05, 0.1) is 5.57 Å². The zero-order valence-electron chi connectivity index (χ0n) is 18.6. The van der Waals surface area contributed by atoms with Gasteiger partial charge in [-0.3, -0.25) is 0 Å². The molecule has 2 nitrogen and oxygen atoms in total. The average molecular weight is 411 g/mol. The summed E-state index contributed by atoms with van der Waals surface area (Å²) in [5, 5.41) is 0. The van der Waals surface area contributed by atoms with E-state index in [0.29, 0.717) is 5.57 Å². The van der Waals surface area contributed by atoms with Crippen molar-refractivity contribution in [3.63, 3.8) is 0 Å². The molecule has 0 amide bonds. The molecule has 29 heavy (non-hydrogen) atoms. The molecule has 0 aliphatic heterocycles. The first-order chi connectivity index (χ1) is 13.9. The lowest BCUT2D eigenvalue weighted by atomic mass is 9.93. The van der Waals surface area contributed by atoms with E-state index in [4.69, 9.17) is 4.74 Å². The molecule has 2 aromatic rings. The van der Waals surface area contributed by atoms with Crippen molar-refractivity contribution in [3.05, 3.63) is 78.4 Å². The van der Waals surface area contributed by atoms with Gasteiger partial charge in [0.25, 0.3) is 0 Å². The summed E-state index contributed by atoms with van der Waals surface area (Å²) < 4.78 is 5.54. The SMILES string of the molecule is C=CCOC(=O)/C(=C(\CC)c1ccccc1)c1ccc(SC(C)(C)C)cc1.CC. The number of hydrogen-bond donors (Lipinski definition) is 0. The van der Waals surface area contributed by atoms with Crippen LogP contribution in [0.15, 0.2) is 72.1 Å². The maximum absolute atomic E-state index is 12.9. The quantitative estimate of drug-likeness (QED) is 0.154. The van der Waals surface area contributed by atoms with Gasteiger partial charge < -0.3 is 4.74 Å². The maximum atomic E-state index is 12.9. The second-order valence-electron chi connectivity index (χ2n) is 7.20. The molecule has 2 rings (SSSR count). The van der Waals surface area contributed by atoms with E-state index in [2.05, 4.69) is 46.4 Å². The predicted octanol–water partition coefficient (Wildman–Crippen LogP) is 7.65. The van der Waals surface area contributed by atoms with E-state index in [-0.39, 0.29) is 17.3 Å². The number of benzene rings is 2. The summed E-state index contributed by atoms with van der Waals surface area (Å²) in [6.45, 7) is 16.5. The van der Waals surface area contributed by atoms with E-state index >= 15 is 0 Å². The van der Waals surface area contributed by atoms with Crippen LogP contribution in [0.1, 0.15) is 59.1 Å². The zero-order chi connectivity index (χ0) is 21.9. The summed E-state index contributed by atoms with van der Waals surface area (Å²) in [6.07, 6.45) is 2.33. The minimum atomic E-state index is -0.313. The Morgan fingerprint density at radius 1 is 1.00 bits per heavy atom. The summed E-state index contributed by atoms with van der Waals surface area (Å²) >= 11 is 1.81. The van der Waals surface area contributed by atoms with Crippen molar-refractivity contribution in [2.75, 3.05) is 6.61 Å². The third-order valence-electron chi connectivity index (χ3n) is 3.88. The lowest BCUT2D eigenvalue weighted by Gasteiger charge is -2.18. The molecule has 0 saturated carbocycles. The van der Waals surface area contributed by atoms with Crippen LogP contribution in [-0.2, 0) is 9.53 Å². The van der Waals surface area contributed by atoms with Crippen molar-refractivity contribution in [2.24, 2.45) is 0 Å². The first kappa shape index (κ1) is 24.8. The third-order valence-corrected chi connectivity index (χ3v) is 5.00. The highest BCUT2D eigenvalue weighted by atomic mass is 32.2. The molecule has 0 heterocycles. The monoisotopic (exact) mass is 410 g/mol. The topological polar surface area (TPSA) is 26.3 Å². The Labute approximate surface area is 181 Å². The van der Waals surface area contributed by atoms with Crippen LogP contribution in [0.2, 0.25) is 0 Å². The number of rotatable bonds is 7. The van der Waals surface area contributed by atoms with Crippen molar-refractivity contribution in [2.45, 2.75) is 57.6 Å². The summed E-state index contributed by atoms with van der Waals surface area (Å²) in [4.78, 5) is 14.0. The Kier molecular flexibility index (Phi) is 10.5. The number of carbonyl (C=O) groups is 1. The molecule has 0 fully saturated rings. The highest BCUT2D eigenvalue weighted by Gasteiger charge is 2.20. The van der Waals surface area contributed by atoms with Gasteiger partial charge in [-0.15, -0.1) is 11.8 Å². The van der Waals surface area contributed by atoms with Crippen molar-refractivity contribution in [1.82, 2.24) is 0 Å². The van der Waals surface area contributed by atoms with Crippen LogP contribution in [0.4, 0.5) is 0 Å². The Morgan fingerprint density at radius 3 is 2.07 bits per heavy atom. The number of allylic oxidation sites excluding steroid dienone is 1. The molecule has 0 bridgehead atoms. The highest BCUT2D eigenvalue weighted by molar-refractivity contribution is 8.00. The second-order valence-corrected chi connectivity index (χ2v) is 9.10. The Hall–Kier alpha value is -2.26. The molecule has 156 valence electrons. The normalized spacial score (nSPS) is 11.7. The number of thioether (sulfide) groups is 1. The largest absolute Gasteiger partial charge is 0.458 e. The summed E-state index contributed by atoms with van der Waals surface area (Å²) in [6, 6.07) is 18.2. The zero-order valence-corrected chi connectivity index (χ0v) is 19.4.